The summed E-state index contributed by atoms with van der Waals surface area (Å²) in [7, 11) is -4.38. The molecule has 0 saturated heterocycles. The lowest BCUT2D eigenvalue weighted by atomic mass is 10.0. The molecular weight excluding hydrogens is 786 g/mol. The maximum atomic E-state index is 12.6. The molecular formula is C51H100NO8P. The number of hydrogen-bond donors (Lipinski definition) is 2. The zero-order valence-electron chi connectivity index (χ0n) is 40.2. The van der Waals surface area contributed by atoms with Crippen LogP contribution in [0.1, 0.15) is 271 Å². The number of ether oxygens (including phenoxy) is 2. The van der Waals surface area contributed by atoms with E-state index in [0.717, 1.165) is 44.9 Å². The molecule has 0 rings (SSSR count). The van der Waals surface area contributed by atoms with E-state index in [1.165, 1.54) is 193 Å². The molecule has 0 aliphatic carbocycles. The molecule has 362 valence electrons. The minimum absolute atomic E-state index is 0.0558. The van der Waals surface area contributed by atoms with E-state index in [9.17, 15) is 19.0 Å². The lowest BCUT2D eigenvalue weighted by molar-refractivity contribution is -0.161. The number of nitrogens with two attached hydrogens (primary N) is 1. The van der Waals surface area contributed by atoms with Crippen LogP contribution in [0.25, 0.3) is 0 Å². The molecule has 61 heavy (non-hydrogen) atoms. The minimum atomic E-state index is -4.38. The van der Waals surface area contributed by atoms with Crippen LogP contribution >= 0.6 is 7.82 Å². The van der Waals surface area contributed by atoms with Gasteiger partial charge in [0.2, 0.25) is 0 Å². The highest BCUT2D eigenvalue weighted by Crippen LogP contribution is 2.43. The van der Waals surface area contributed by atoms with E-state index in [4.69, 9.17) is 24.3 Å². The molecule has 0 saturated carbocycles. The monoisotopic (exact) mass is 886 g/mol. The Morgan fingerprint density at radius 3 is 1.16 bits per heavy atom. The van der Waals surface area contributed by atoms with Crippen molar-refractivity contribution in [1.82, 2.24) is 0 Å². The largest absolute Gasteiger partial charge is 0.472 e. The molecule has 3 N–H and O–H groups in total. The van der Waals surface area contributed by atoms with Gasteiger partial charge in [-0.15, -0.1) is 0 Å². The quantitative estimate of drug-likeness (QED) is 0.0265. The number of esters is 2. The number of phosphoric ester groups is 1. The molecule has 0 radical (unpaired) electrons. The standard InChI is InChI=1S/C51H100NO8P/c1-3-5-7-9-11-13-15-17-19-21-23-24-25-26-28-29-31-33-35-37-39-41-43-50(53)57-47-49(48-59-61(55,56)58-46-45-52)60-51(54)44-42-40-38-36-34-32-30-27-22-20-18-16-14-12-10-8-6-4-2/h20,22,49H,3-19,21,23-48,52H2,1-2H3,(H,55,56)/b22-20-. The van der Waals surface area contributed by atoms with E-state index in [2.05, 4.69) is 26.0 Å². The van der Waals surface area contributed by atoms with Crippen LogP contribution in [0.3, 0.4) is 0 Å². The van der Waals surface area contributed by atoms with E-state index < -0.39 is 26.5 Å². The van der Waals surface area contributed by atoms with Gasteiger partial charge in [0.05, 0.1) is 13.2 Å². The first-order valence-corrected chi connectivity index (χ1v) is 27.7. The summed E-state index contributed by atoms with van der Waals surface area (Å²) in [6.07, 6.45) is 52.5. The summed E-state index contributed by atoms with van der Waals surface area (Å²) in [5.41, 5.74) is 5.37. The Hall–Kier alpha value is -1.25. The molecule has 0 aliphatic rings. The Labute approximate surface area is 377 Å². The normalized spacial score (nSPS) is 13.2. The highest BCUT2D eigenvalue weighted by Gasteiger charge is 2.26. The molecule has 9 nitrogen and oxygen atoms in total. The number of carbonyl (C=O) groups excluding carboxylic acids is 2. The van der Waals surface area contributed by atoms with Crippen molar-refractivity contribution in [3.05, 3.63) is 12.2 Å². The fraction of sp³-hybridized carbons (Fsp3) is 0.922. The summed E-state index contributed by atoms with van der Waals surface area (Å²) >= 11 is 0. The number of allylic oxidation sites excluding steroid dienone is 2. The molecule has 2 atom stereocenters. The second-order valence-electron chi connectivity index (χ2n) is 17.8. The van der Waals surface area contributed by atoms with Crippen LogP contribution in [0.15, 0.2) is 12.2 Å². The zero-order chi connectivity index (χ0) is 44.6. The Bertz CT molecular complexity index is 1010. The summed E-state index contributed by atoms with van der Waals surface area (Å²) < 4.78 is 32.9. The average Bonchev–Trinajstić information content (AvgIpc) is 3.25. The van der Waals surface area contributed by atoms with Gasteiger partial charge >= 0.3 is 19.8 Å². The van der Waals surface area contributed by atoms with E-state index in [1.807, 2.05) is 0 Å². The lowest BCUT2D eigenvalue weighted by Gasteiger charge is -2.19. The fourth-order valence-electron chi connectivity index (χ4n) is 7.75. The first kappa shape index (κ1) is 59.8. The smallest absolute Gasteiger partial charge is 0.462 e. The van der Waals surface area contributed by atoms with Crippen molar-refractivity contribution in [3.8, 4) is 0 Å². The van der Waals surface area contributed by atoms with Crippen LogP contribution in [-0.4, -0.2) is 49.3 Å². The highest BCUT2D eigenvalue weighted by atomic mass is 31.2. The van der Waals surface area contributed by atoms with Crippen molar-refractivity contribution < 1.29 is 37.6 Å². The molecule has 0 aromatic heterocycles. The van der Waals surface area contributed by atoms with Crippen LogP contribution in [0.2, 0.25) is 0 Å². The van der Waals surface area contributed by atoms with Gasteiger partial charge in [0, 0.05) is 19.4 Å². The fourth-order valence-corrected chi connectivity index (χ4v) is 8.52. The van der Waals surface area contributed by atoms with Gasteiger partial charge in [0.1, 0.15) is 6.61 Å². The third kappa shape index (κ3) is 48.1. The maximum Gasteiger partial charge on any atom is 0.472 e. The molecule has 2 unspecified atom stereocenters. The Kier molecular flexibility index (Phi) is 47.2. The van der Waals surface area contributed by atoms with E-state index >= 15 is 0 Å². The molecule has 10 heteroatoms. The molecule has 0 heterocycles. The molecule has 0 spiro atoms. The van der Waals surface area contributed by atoms with Gasteiger partial charge in [-0.25, -0.2) is 4.57 Å². The molecule has 0 aromatic rings. The average molecular weight is 886 g/mol. The summed E-state index contributed by atoms with van der Waals surface area (Å²) in [4.78, 5) is 35.1. The van der Waals surface area contributed by atoms with Crippen molar-refractivity contribution in [3.63, 3.8) is 0 Å². The molecule has 0 aromatic carbocycles. The van der Waals surface area contributed by atoms with Crippen molar-refractivity contribution >= 4 is 19.8 Å². The summed E-state index contributed by atoms with van der Waals surface area (Å²) in [5, 5.41) is 0. The van der Waals surface area contributed by atoms with Crippen molar-refractivity contribution in [2.24, 2.45) is 5.73 Å². The highest BCUT2D eigenvalue weighted by molar-refractivity contribution is 7.47. The predicted octanol–water partition coefficient (Wildman–Crippen LogP) is 15.7. The summed E-state index contributed by atoms with van der Waals surface area (Å²) in [5.74, 6) is -0.816. The summed E-state index contributed by atoms with van der Waals surface area (Å²) in [6, 6.07) is 0. The van der Waals surface area contributed by atoms with Crippen molar-refractivity contribution in [2.45, 2.75) is 277 Å². The molecule has 0 fully saturated rings. The number of phosphoric acid groups is 1. The van der Waals surface area contributed by atoms with Crippen LogP contribution in [0.5, 0.6) is 0 Å². The first-order valence-electron chi connectivity index (χ1n) is 26.2. The predicted molar refractivity (Wildman–Crippen MR) is 257 cm³/mol. The van der Waals surface area contributed by atoms with Crippen molar-refractivity contribution in [2.75, 3.05) is 26.4 Å². The Balaban J connectivity index is 3.99. The summed E-state index contributed by atoms with van der Waals surface area (Å²) in [6.45, 7) is 3.79. The van der Waals surface area contributed by atoms with Crippen LogP contribution in [0.4, 0.5) is 0 Å². The second-order valence-corrected chi connectivity index (χ2v) is 19.2. The maximum absolute atomic E-state index is 12.6. The van der Waals surface area contributed by atoms with E-state index in [-0.39, 0.29) is 38.6 Å². The van der Waals surface area contributed by atoms with E-state index in [1.54, 1.807) is 0 Å². The molecule has 0 aliphatic heterocycles. The van der Waals surface area contributed by atoms with Gasteiger partial charge in [0.15, 0.2) is 6.10 Å². The van der Waals surface area contributed by atoms with Gasteiger partial charge in [-0.1, -0.05) is 231 Å². The minimum Gasteiger partial charge on any atom is -0.462 e. The van der Waals surface area contributed by atoms with Gasteiger partial charge in [0.25, 0.3) is 0 Å². The number of unbranched alkanes of at least 4 members (excludes halogenated alkanes) is 35. The first-order chi connectivity index (χ1) is 29.8. The topological polar surface area (TPSA) is 134 Å². The van der Waals surface area contributed by atoms with Crippen molar-refractivity contribution in [1.29, 1.82) is 0 Å². The van der Waals surface area contributed by atoms with Crippen LogP contribution < -0.4 is 5.73 Å². The van der Waals surface area contributed by atoms with E-state index in [0.29, 0.717) is 6.42 Å². The third-order valence-electron chi connectivity index (χ3n) is 11.7. The number of hydrogen-bond acceptors (Lipinski definition) is 8. The molecule has 0 bridgehead atoms. The van der Waals surface area contributed by atoms with Gasteiger partial charge in [-0.2, -0.15) is 0 Å². The van der Waals surface area contributed by atoms with Gasteiger partial charge < -0.3 is 20.1 Å². The zero-order valence-corrected chi connectivity index (χ0v) is 41.1. The Morgan fingerprint density at radius 1 is 0.475 bits per heavy atom. The lowest BCUT2D eigenvalue weighted by Crippen LogP contribution is -2.29. The van der Waals surface area contributed by atoms with Crippen LogP contribution in [-0.2, 0) is 32.7 Å². The third-order valence-corrected chi connectivity index (χ3v) is 12.6. The van der Waals surface area contributed by atoms with Gasteiger partial charge in [-0.05, 0) is 38.5 Å². The molecule has 0 amide bonds. The number of carbonyl (C=O) groups is 2. The SMILES string of the molecule is CCCCCCCCC/C=C\CCCCCCCCCC(=O)OC(COC(=O)CCCCCCCCCCCCCCCCCCCCCCCC)COP(=O)(O)OCCN. The second kappa shape index (κ2) is 48.2. The Morgan fingerprint density at radius 2 is 0.803 bits per heavy atom. The van der Waals surface area contributed by atoms with Gasteiger partial charge in [-0.3, -0.25) is 18.6 Å². The van der Waals surface area contributed by atoms with Crippen LogP contribution in [0, 0.1) is 0 Å². The number of rotatable bonds is 50.